The van der Waals surface area contributed by atoms with Crippen molar-refractivity contribution in [2.45, 2.75) is 52.0 Å². The van der Waals surface area contributed by atoms with Crippen molar-refractivity contribution < 1.29 is 9.47 Å². The Balaban J connectivity index is 2.44. The largest absolute Gasteiger partial charge is 0.497 e. The highest BCUT2D eigenvalue weighted by Gasteiger charge is 2.11. The lowest BCUT2D eigenvalue weighted by atomic mass is 10.1. The summed E-state index contributed by atoms with van der Waals surface area (Å²) in [6.45, 7) is 5.48. The molecule has 0 amide bonds. The Morgan fingerprint density at radius 1 is 1.05 bits per heavy atom. The Kier molecular flexibility index (Phi) is 8.12. The van der Waals surface area contributed by atoms with E-state index in [-0.39, 0.29) is 0 Å². The third-order valence-corrected chi connectivity index (χ3v) is 3.64. The van der Waals surface area contributed by atoms with E-state index >= 15 is 0 Å². The highest BCUT2D eigenvalue weighted by Crippen LogP contribution is 2.29. The number of ether oxygens (including phenoxy) is 2. The fourth-order valence-corrected chi connectivity index (χ4v) is 2.33. The predicted octanol–water partition coefficient (Wildman–Crippen LogP) is 4.32. The number of nitrogens with one attached hydrogen (secondary N) is 1. The van der Waals surface area contributed by atoms with E-state index < -0.39 is 0 Å². The lowest BCUT2D eigenvalue weighted by Gasteiger charge is -2.18. The van der Waals surface area contributed by atoms with E-state index in [0.717, 1.165) is 18.0 Å². The topological polar surface area (TPSA) is 30.5 Å². The molecule has 3 nitrogen and oxygen atoms in total. The number of benzene rings is 1. The monoisotopic (exact) mass is 279 g/mol. The minimum atomic E-state index is 0.294. The van der Waals surface area contributed by atoms with Crippen molar-refractivity contribution in [2.24, 2.45) is 0 Å². The molecule has 1 aromatic carbocycles. The highest BCUT2D eigenvalue weighted by atomic mass is 16.5. The smallest absolute Gasteiger partial charge is 0.127 e. The molecule has 0 saturated carbocycles. The average molecular weight is 279 g/mol. The van der Waals surface area contributed by atoms with E-state index in [9.17, 15) is 0 Å². The van der Waals surface area contributed by atoms with Gasteiger partial charge in [-0.3, -0.25) is 0 Å². The molecule has 0 aliphatic carbocycles. The maximum Gasteiger partial charge on any atom is 0.127 e. The van der Waals surface area contributed by atoms with Crippen LogP contribution >= 0.6 is 0 Å². The lowest BCUT2D eigenvalue weighted by molar-refractivity contribution is 0.385. The van der Waals surface area contributed by atoms with E-state index in [0.29, 0.717) is 6.04 Å². The maximum absolute atomic E-state index is 5.45. The minimum absolute atomic E-state index is 0.294. The molecule has 1 atom stereocenters. The SMILES string of the molecule is CCCCCCCNC(C)c1ccc(OC)cc1OC. The van der Waals surface area contributed by atoms with Crippen LogP contribution in [0.15, 0.2) is 18.2 Å². The van der Waals surface area contributed by atoms with Crippen molar-refractivity contribution in [3.05, 3.63) is 23.8 Å². The Morgan fingerprint density at radius 3 is 2.45 bits per heavy atom. The summed E-state index contributed by atoms with van der Waals surface area (Å²) in [5, 5.41) is 3.57. The zero-order chi connectivity index (χ0) is 14.8. The van der Waals surface area contributed by atoms with Gasteiger partial charge in [-0.15, -0.1) is 0 Å². The van der Waals surface area contributed by atoms with Crippen LogP contribution in [-0.2, 0) is 0 Å². The van der Waals surface area contributed by atoms with Crippen molar-refractivity contribution in [3.8, 4) is 11.5 Å². The fourth-order valence-electron chi connectivity index (χ4n) is 2.33. The second-order valence-corrected chi connectivity index (χ2v) is 5.20. The number of unbranched alkanes of at least 4 members (excludes halogenated alkanes) is 4. The molecule has 1 aromatic rings. The molecule has 114 valence electrons. The van der Waals surface area contributed by atoms with Crippen LogP contribution in [0.25, 0.3) is 0 Å². The van der Waals surface area contributed by atoms with Gasteiger partial charge in [0.1, 0.15) is 11.5 Å². The third kappa shape index (κ3) is 5.41. The molecule has 0 aliphatic heterocycles. The molecular formula is C17H29NO2. The first kappa shape index (κ1) is 16.8. The van der Waals surface area contributed by atoms with Crippen LogP contribution in [0.5, 0.6) is 11.5 Å². The Hall–Kier alpha value is -1.22. The first-order valence-electron chi connectivity index (χ1n) is 7.68. The molecule has 0 fully saturated rings. The minimum Gasteiger partial charge on any atom is -0.497 e. The van der Waals surface area contributed by atoms with Gasteiger partial charge in [-0.05, 0) is 26.0 Å². The van der Waals surface area contributed by atoms with Gasteiger partial charge in [-0.2, -0.15) is 0 Å². The first-order valence-corrected chi connectivity index (χ1v) is 7.68. The number of methoxy groups -OCH3 is 2. The first-order chi connectivity index (χ1) is 9.72. The normalized spacial score (nSPS) is 12.2. The van der Waals surface area contributed by atoms with Gasteiger partial charge in [0.05, 0.1) is 14.2 Å². The quantitative estimate of drug-likeness (QED) is 0.647. The summed E-state index contributed by atoms with van der Waals surface area (Å²) in [7, 11) is 3.38. The van der Waals surface area contributed by atoms with Crippen molar-refractivity contribution in [3.63, 3.8) is 0 Å². The van der Waals surface area contributed by atoms with E-state index in [1.54, 1.807) is 14.2 Å². The highest BCUT2D eigenvalue weighted by molar-refractivity contribution is 5.42. The summed E-state index contributed by atoms with van der Waals surface area (Å²) in [4.78, 5) is 0. The second kappa shape index (κ2) is 9.65. The van der Waals surface area contributed by atoms with Crippen molar-refractivity contribution in [1.82, 2.24) is 5.32 Å². The molecule has 20 heavy (non-hydrogen) atoms. The molecule has 0 aromatic heterocycles. The van der Waals surface area contributed by atoms with E-state index in [2.05, 4.69) is 25.2 Å². The summed E-state index contributed by atoms with van der Waals surface area (Å²) in [6, 6.07) is 6.29. The van der Waals surface area contributed by atoms with Crippen LogP contribution in [0.4, 0.5) is 0 Å². The van der Waals surface area contributed by atoms with Crippen LogP contribution in [0.3, 0.4) is 0 Å². The van der Waals surface area contributed by atoms with Crippen LogP contribution in [0.2, 0.25) is 0 Å². The van der Waals surface area contributed by atoms with Gasteiger partial charge in [0.2, 0.25) is 0 Å². The Morgan fingerprint density at radius 2 is 1.80 bits per heavy atom. The van der Waals surface area contributed by atoms with Gasteiger partial charge >= 0.3 is 0 Å². The molecule has 0 saturated heterocycles. The van der Waals surface area contributed by atoms with Crippen LogP contribution in [0.1, 0.15) is 57.6 Å². The fraction of sp³-hybridized carbons (Fsp3) is 0.647. The summed E-state index contributed by atoms with van der Waals surface area (Å²) < 4.78 is 10.7. The molecule has 0 radical (unpaired) electrons. The van der Waals surface area contributed by atoms with Gasteiger partial charge in [0.15, 0.2) is 0 Å². The maximum atomic E-state index is 5.45. The molecule has 0 heterocycles. The number of hydrogen-bond acceptors (Lipinski definition) is 3. The molecule has 3 heteroatoms. The van der Waals surface area contributed by atoms with Crippen molar-refractivity contribution in [1.29, 1.82) is 0 Å². The standard InChI is InChI=1S/C17H29NO2/c1-5-6-7-8-9-12-18-14(2)16-11-10-15(19-3)13-17(16)20-4/h10-11,13-14,18H,5-9,12H2,1-4H3. The third-order valence-electron chi connectivity index (χ3n) is 3.64. The van der Waals surface area contributed by atoms with Crippen LogP contribution in [0, 0.1) is 0 Å². The predicted molar refractivity (Wildman–Crippen MR) is 84.7 cm³/mol. The van der Waals surface area contributed by atoms with Crippen molar-refractivity contribution >= 4 is 0 Å². The Bertz CT molecular complexity index is 379. The van der Waals surface area contributed by atoms with Gasteiger partial charge in [0, 0.05) is 17.7 Å². The van der Waals surface area contributed by atoms with Crippen LogP contribution in [-0.4, -0.2) is 20.8 Å². The summed E-state index contributed by atoms with van der Waals surface area (Å²) in [5.41, 5.74) is 1.18. The summed E-state index contributed by atoms with van der Waals surface area (Å²) in [5.74, 6) is 1.72. The molecule has 1 rings (SSSR count). The zero-order valence-corrected chi connectivity index (χ0v) is 13.4. The van der Waals surface area contributed by atoms with Gasteiger partial charge in [-0.1, -0.05) is 38.7 Å². The molecule has 1 N–H and O–H groups in total. The molecule has 0 aliphatic rings. The van der Waals surface area contributed by atoms with E-state index in [1.807, 2.05) is 12.1 Å². The Labute approximate surface area is 123 Å². The second-order valence-electron chi connectivity index (χ2n) is 5.20. The zero-order valence-electron chi connectivity index (χ0n) is 13.4. The summed E-state index contributed by atoms with van der Waals surface area (Å²) in [6.07, 6.45) is 6.54. The average Bonchev–Trinajstić information content (AvgIpc) is 2.49. The van der Waals surface area contributed by atoms with Gasteiger partial charge in [-0.25, -0.2) is 0 Å². The lowest BCUT2D eigenvalue weighted by Crippen LogP contribution is -2.20. The summed E-state index contributed by atoms with van der Waals surface area (Å²) >= 11 is 0. The van der Waals surface area contributed by atoms with E-state index in [1.165, 1.54) is 37.7 Å². The molecule has 0 bridgehead atoms. The molecular weight excluding hydrogens is 250 g/mol. The van der Waals surface area contributed by atoms with Crippen LogP contribution < -0.4 is 14.8 Å². The van der Waals surface area contributed by atoms with Gasteiger partial charge in [0.25, 0.3) is 0 Å². The number of hydrogen-bond donors (Lipinski definition) is 1. The van der Waals surface area contributed by atoms with E-state index in [4.69, 9.17) is 9.47 Å². The van der Waals surface area contributed by atoms with Crippen molar-refractivity contribution in [2.75, 3.05) is 20.8 Å². The molecule has 0 spiro atoms. The molecule has 1 unspecified atom stereocenters. The number of rotatable bonds is 10. The van der Waals surface area contributed by atoms with Gasteiger partial charge < -0.3 is 14.8 Å².